The van der Waals surface area contributed by atoms with Crippen molar-refractivity contribution in [3.63, 3.8) is 0 Å². The molecule has 0 heterocycles. The summed E-state index contributed by atoms with van der Waals surface area (Å²) in [4.78, 5) is 2.24. The number of unbranched alkanes of at least 4 members (excludes halogenated alkanes) is 2. The second-order valence-electron chi connectivity index (χ2n) is 10.4. The second-order valence-corrected chi connectivity index (χ2v) is 13.5. The summed E-state index contributed by atoms with van der Waals surface area (Å²) < 4.78 is 3.48. The Balaban J connectivity index is 0.000000189. The van der Waals surface area contributed by atoms with E-state index in [4.69, 9.17) is 0 Å². The Bertz CT molecular complexity index is 1530. The highest BCUT2D eigenvalue weighted by Crippen LogP contribution is 2.35. The standard InChI is InChI=1S/C18H14BrN.C13H12.C6H4BrI.C5H12/c19-15-8-7-13-18(14-15)20(16-9-3-1-4-10-16)17-11-5-2-6-12-17;1-3-7-12(8-4-1)11-13-9-5-2-6-10-13;7-5-2-1-3-6(8)4-5;1-3-5-4-2/h1-14H;1-10H,11H2;1-4H;3-5H2,1-2H3. The number of hydrogen-bond acceptors (Lipinski definition) is 1. The number of rotatable bonds is 7. The number of para-hydroxylation sites is 2. The Morgan fingerprint density at radius 1 is 0.457 bits per heavy atom. The third-order valence-electron chi connectivity index (χ3n) is 6.68. The maximum Gasteiger partial charge on any atom is 0.0472 e. The molecule has 4 heteroatoms. The molecule has 0 saturated carbocycles. The Kier molecular flexibility index (Phi) is 18.1. The molecule has 1 nitrogen and oxygen atoms in total. The lowest BCUT2D eigenvalue weighted by molar-refractivity contribution is 0.772. The molecule has 6 rings (SSSR count). The molecule has 6 aromatic rings. The van der Waals surface area contributed by atoms with Gasteiger partial charge in [-0.15, -0.1) is 0 Å². The van der Waals surface area contributed by atoms with Crippen LogP contribution >= 0.6 is 54.5 Å². The Labute approximate surface area is 307 Å². The Morgan fingerprint density at radius 3 is 1.20 bits per heavy atom. The van der Waals surface area contributed by atoms with E-state index in [1.54, 1.807) is 0 Å². The summed E-state index contributed by atoms with van der Waals surface area (Å²) in [6.07, 6.45) is 5.11. The molecule has 0 radical (unpaired) electrons. The van der Waals surface area contributed by atoms with Crippen LogP contribution in [0.4, 0.5) is 17.1 Å². The second kappa shape index (κ2) is 22.4. The van der Waals surface area contributed by atoms with Gasteiger partial charge in [-0.1, -0.05) is 174 Å². The third-order valence-corrected chi connectivity index (χ3v) is 8.34. The van der Waals surface area contributed by atoms with Crippen LogP contribution in [0.3, 0.4) is 0 Å². The van der Waals surface area contributed by atoms with Gasteiger partial charge in [0.15, 0.2) is 0 Å². The van der Waals surface area contributed by atoms with E-state index in [0.29, 0.717) is 0 Å². The fraction of sp³-hybridized carbons (Fsp3) is 0.143. The van der Waals surface area contributed by atoms with Crippen LogP contribution in [-0.4, -0.2) is 0 Å². The van der Waals surface area contributed by atoms with Crippen LogP contribution in [0.1, 0.15) is 44.2 Å². The van der Waals surface area contributed by atoms with Gasteiger partial charge in [0.25, 0.3) is 0 Å². The average molecular weight is 848 g/mol. The van der Waals surface area contributed by atoms with Crippen LogP contribution in [0.5, 0.6) is 0 Å². The Morgan fingerprint density at radius 2 is 0.848 bits per heavy atom. The van der Waals surface area contributed by atoms with Crippen molar-refractivity contribution in [2.24, 2.45) is 0 Å². The van der Waals surface area contributed by atoms with Crippen molar-refractivity contribution >= 4 is 71.5 Å². The van der Waals surface area contributed by atoms with Crippen LogP contribution < -0.4 is 4.90 Å². The fourth-order valence-electron chi connectivity index (χ4n) is 4.46. The quantitative estimate of drug-likeness (QED) is 0.145. The van der Waals surface area contributed by atoms with Crippen LogP contribution in [0.2, 0.25) is 0 Å². The van der Waals surface area contributed by atoms with Crippen LogP contribution in [0.25, 0.3) is 0 Å². The summed E-state index contributed by atoms with van der Waals surface area (Å²) in [6.45, 7) is 4.42. The molecular formula is C42H42Br2IN. The van der Waals surface area contributed by atoms with Crippen LogP contribution in [0.15, 0.2) is 179 Å². The molecule has 0 aliphatic heterocycles. The number of hydrogen-bond donors (Lipinski definition) is 0. The van der Waals surface area contributed by atoms with E-state index in [9.17, 15) is 0 Å². The fourth-order valence-corrected chi connectivity index (χ4v) is 6.21. The smallest absolute Gasteiger partial charge is 0.0472 e. The minimum Gasteiger partial charge on any atom is -0.310 e. The highest BCUT2D eigenvalue weighted by Gasteiger charge is 2.11. The molecule has 6 aromatic carbocycles. The minimum absolute atomic E-state index is 1.03. The van der Waals surface area contributed by atoms with Gasteiger partial charge in [0.05, 0.1) is 0 Å². The lowest BCUT2D eigenvalue weighted by Gasteiger charge is -2.25. The van der Waals surface area contributed by atoms with Gasteiger partial charge in [-0.2, -0.15) is 0 Å². The van der Waals surface area contributed by atoms with E-state index in [1.165, 1.54) is 34.0 Å². The van der Waals surface area contributed by atoms with Gasteiger partial charge in [0.1, 0.15) is 0 Å². The highest BCUT2D eigenvalue weighted by atomic mass is 127. The van der Waals surface area contributed by atoms with E-state index in [1.807, 2.05) is 30.3 Å². The Hall–Kier alpha value is -3.19. The highest BCUT2D eigenvalue weighted by molar-refractivity contribution is 14.1. The molecule has 0 atom stereocenters. The minimum atomic E-state index is 1.03. The average Bonchev–Trinajstić information content (AvgIpc) is 3.08. The molecular weight excluding hydrogens is 805 g/mol. The molecule has 0 fully saturated rings. The lowest BCUT2D eigenvalue weighted by atomic mass is 10.1. The maximum atomic E-state index is 3.55. The molecule has 0 N–H and O–H groups in total. The summed E-state index contributed by atoms with van der Waals surface area (Å²) in [5.74, 6) is 0. The van der Waals surface area contributed by atoms with E-state index in [-0.39, 0.29) is 0 Å². The molecule has 0 aromatic heterocycles. The summed E-state index contributed by atoms with van der Waals surface area (Å²) >= 11 is 9.18. The molecule has 0 amide bonds. The first-order chi connectivity index (χ1) is 22.5. The van der Waals surface area contributed by atoms with E-state index < -0.39 is 0 Å². The summed E-state index contributed by atoms with van der Waals surface area (Å²) in [5.41, 5.74) is 6.17. The monoisotopic (exact) mass is 845 g/mol. The molecule has 0 aliphatic carbocycles. The first-order valence-corrected chi connectivity index (χ1v) is 18.3. The zero-order chi connectivity index (χ0) is 32.8. The van der Waals surface area contributed by atoms with Crippen LogP contribution in [-0.2, 0) is 6.42 Å². The summed E-state index contributed by atoms with van der Waals surface area (Å²) in [6, 6.07) is 58.3. The zero-order valence-corrected chi connectivity index (χ0v) is 31.9. The SMILES string of the molecule is Brc1cccc(I)c1.Brc1cccc(N(c2ccccc2)c2ccccc2)c1.CCCCC.c1ccc(Cc2ccccc2)cc1. The molecule has 0 bridgehead atoms. The number of benzene rings is 6. The van der Waals surface area contributed by atoms with Crippen molar-refractivity contribution in [3.05, 3.63) is 194 Å². The van der Waals surface area contributed by atoms with Gasteiger partial charge in [-0.25, -0.2) is 0 Å². The van der Waals surface area contributed by atoms with Gasteiger partial charge in [-0.3, -0.25) is 0 Å². The van der Waals surface area contributed by atoms with Crippen molar-refractivity contribution in [1.29, 1.82) is 0 Å². The van der Waals surface area contributed by atoms with Crippen molar-refractivity contribution in [2.75, 3.05) is 4.90 Å². The first kappa shape index (κ1) is 37.3. The molecule has 0 aliphatic rings. The molecule has 0 saturated heterocycles. The van der Waals surface area contributed by atoms with Gasteiger partial charge >= 0.3 is 0 Å². The lowest BCUT2D eigenvalue weighted by Crippen LogP contribution is -2.09. The number of halogens is 3. The number of nitrogens with zero attached hydrogens (tertiary/aromatic N) is 1. The van der Waals surface area contributed by atoms with E-state index >= 15 is 0 Å². The topological polar surface area (TPSA) is 3.24 Å². The first-order valence-electron chi connectivity index (χ1n) is 15.6. The normalized spacial score (nSPS) is 9.76. The predicted molar refractivity (Wildman–Crippen MR) is 217 cm³/mol. The van der Waals surface area contributed by atoms with Crippen LogP contribution in [0, 0.1) is 3.57 Å². The molecule has 0 unspecified atom stereocenters. The van der Waals surface area contributed by atoms with Gasteiger partial charge in [-0.05, 0) is 101 Å². The molecule has 236 valence electrons. The summed E-state index contributed by atoms with van der Waals surface area (Å²) in [5, 5.41) is 0. The largest absolute Gasteiger partial charge is 0.310 e. The van der Waals surface area contributed by atoms with Gasteiger partial charge in [0.2, 0.25) is 0 Å². The van der Waals surface area contributed by atoms with Gasteiger partial charge in [0, 0.05) is 29.6 Å². The van der Waals surface area contributed by atoms with Crippen molar-refractivity contribution < 1.29 is 0 Å². The predicted octanol–water partition coefficient (Wildman–Crippen LogP) is 14.4. The molecule has 0 spiro atoms. The van der Waals surface area contributed by atoms with E-state index in [2.05, 4.69) is 213 Å². The van der Waals surface area contributed by atoms with Crippen molar-refractivity contribution in [3.8, 4) is 0 Å². The third kappa shape index (κ3) is 14.5. The molecule has 46 heavy (non-hydrogen) atoms. The number of anilines is 3. The maximum absolute atomic E-state index is 3.55. The van der Waals surface area contributed by atoms with Crippen molar-refractivity contribution in [2.45, 2.75) is 39.5 Å². The van der Waals surface area contributed by atoms with Crippen molar-refractivity contribution in [1.82, 2.24) is 0 Å². The zero-order valence-electron chi connectivity index (χ0n) is 26.6. The van der Waals surface area contributed by atoms with E-state index in [0.717, 1.165) is 32.4 Å². The summed E-state index contributed by atoms with van der Waals surface area (Å²) in [7, 11) is 0. The van der Waals surface area contributed by atoms with Gasteiger partial charge < -0.3 is 4.90 Å².